The maximum absolute atomic E-state index is 11.3. The molecule has 0 aliphatic carbocycles. The zero-order valence-electron chi connectivity index (χ0n) is 40.3. The predicted octanol–water partition coefficient (Wildman–Crippen LogP) is -0.529. The van der Waals surface area contributed by atoms with Crippen molar-refractivity contribution in [3.8, 4) is 0 Å². The summed E-state index contributed by atoms with van der Waals surface area (Å²) in [5, 5.41) is 48.2. The van der Waals surface area contributed by atoms with E-state index < -0.39 is 60.7 Å². The van der Waals surface area contributed by atoms with Crippen LogP contribution in [0.2, 0.25) is 0 Å². The Hall–Kier alpha value is -2.78. The molecule has 22 nitrogen and oxygen atoms in total. The van der Waals surface area contributed by atoms with E-state index in [1.54, 1.807) is 17.1 Å². The maximum atomic E-state index is 11.3. The summed E-state index contributed by atoms with van der Waals surface area (Å²) in [5.74, 6) is -1.41. The van der Waals surface area contributed by atoms with Crippen molar-refractivity contribution in [3.05, 3.63) is 72.9 Å². The Labute approximate surface area is 457 Å². The average Bonchev–Trinajstić information content (AvgIpc) is 4.17. The van der Waals surface area contributed by atoms with Crippen molar-refractivity contribution in [1.82, 2.24) is 43.6 Å². The van der Waals surface area contributed by atoms with Crippen LogP contribution in [0.25, 0.3) is 33.1 Å². The van der Waals surface area contributed by atoms with Crippen LogP contribution in [0.1, 0.15) is 79.7 Å². The van der Waals surface area contributed by atoms with Crippen molar-refractivity contribution < 1.29 is 127 Å². The molecule has 11 rings (SSSR count). The molecule has 25 heteroatoms. The Balaban J connectivity index is 0.000000345. The van der Waals surface area contributed by atoms with Crippen LogP contribution in [0.15, 0.2) is 55.8 Å². The van der Waals surface area contributed by atoms with E-state index in [0.29, 0.717) is 5.65 Å². The summed E-state index contributed by atoms with van der Waals surface area (Å²) in [6.07, 6.45) is 3.83. The average molecular weight is 1060 g/mol. The van der Waals surface area contributed by atoms with Crippen LogP contribution in [-0.2, 0) is 70.7 Å². The van der Waals surface area contributed by atoms with E-state index in [9.17, 15) is 20.1 Å². The number of rotatable bonds is 6. The summed E-state index contributed by atoms with van der Waals surface area (Å²) in [4.78, 5) is 36.7. The first-order valence-electron chi connectivity index (χ1n) is 21.1. The largest absolute Gasteiger partial charge is 1.00 e. The molecule has 5 fully saturated rings. The normalized spacial score (nSPS) is 29.5. The number of fused-ring (bicyclic) bond motifs is 5. The van der Waals surface area contributed by atoms with Crippen molar-refractivity contribution in [1.29, 1.82) is 0 Å². The quantitative estimate of drug-likeness (QED) is 0.104. The minimum atomic E-state index is -1.12. The van der Waals surface area contributed by atoms with Gasteiger partial charge in [0.2, 0.25) is 0 Å². The summed E-state index contributed by atoms with van der Waals surface area (Å²) in [5.41, 5.74) is 4.83. The first-order valence-corrected chi connectivity index (χ1v) is 21.1. The number of ether oxygens (including phenoxy) is 7. The number of aliphatic hydroxyl groups excluding tert-OH is 5. The zero-order chi connectivity index (χ0) is 46.5. The third kappa shape index (κ3) is 11.6. The second-order valence-electron chi connectivity index (χ2n) is 17.0. The summed E-state index contributed by atoms with van der Waals surface area (Å²) in [7, 11) is 1.00. The van der Waals surface area contributed by atoms with Gasteiger partial charge in [0.25, 0.3) is 0 Å². The third-order valence-electron chi connectivity index (χ3n) is 12.0. The van der Waals surface area contributed by atoms with Gasteiger partial charge in [0.1, 0.15) is 90.9 Å². The molecule has 5 saturated heterocycles. The smallest absolute Gasteiger partial charge is 1.00 e. The Morgan fingerprint density at radius 3 is 1.34 bits per heavy atom. The van der Waals surface area contributed by atoms with Crippen LogP contribution in [0, 0.1) is 20.8 Å². The van der Waals surface area contributed by atoms with Gasteiger partial charge < -0.3 is 78.6 Å². The van der Waals surface area contributed by atoms with Crippen molar-refractivity contribution >= 4 is 47.8 Å². The molecule has 0 amide bonds. The molecule has 374 valence electrons. The Kier molecular flexibility index (Phi) is 21.9. The second kappa shape index (κ2) is 25.0. The molecular weight excluding hydrogens is 997 g/mol. The minimum absolute atomic E-state index is 0. The van der Waals surface area contributed by atoms with E-state index >= 15 is 0 Å². The van der Waals surface area contributed by atoms with Crippen LogP contribution in [0.3, 0.4) is 0 Å². The van der Waals surface area contributed by atoms with Gasteiger partial charge in [-0.1, -0.05) is 14.9 Å². The molecule has 70 heavy (non-hydrogen) atoms. The summed E-state index contributed by atoms with van der Waals surface area (Å²) >= 11 is 0. The summed E-state index contributed by atoms with van der Waals surface area (Å²) in [6.45, 7) is 12.7. The molecule has 5 aliphatic rings. The van der Waals surface area contributed by atoms with E-state index in [1.807, 2.05) is 88.2 Å². The fourth-order valence-corrected chi connectivity index (χ4v) is 8.99. The number of aryl methyl sites for hydroxylation is 3. The first-order chi connectivity index (χ1) is 31.1. The van der Waals surface area contributed by atoms with Gasteiger partial charge in [-0.25, -0.2) is 29.9 Å². The molecule has 6 aromatic heterocycles. The number of aromatic nitrogens is 9. The molecule has 12 atom stereocenters. The molecule has 0 bridgehead atoms. The Bertz CT molecular complexity index is 2650. The van der Waals surface area contributed by atoms with Gasteiger partial charge in [-0.15, -0.1) is 0 Å². The molecule has 5 aliphatic heterocycles. The van der Waals surface area contributed by atoms with Gasteiger partial charge in [0.15, 0.2) is 36.5 Å². The van der Waals surface area contributed by atoms with Gasteiger partial charge in [-0.05, 0) is 66.7 Å². The number of hydrogen-bond acceptors (Lipinski definition) is 19. The van der Waals surface area contributed by atoms with Crippen LogP contribution in [0.4, 0.5) is 0 Å². The minimum Gasteiger partial charge on any atom is -1.00 e. The number of carbonyl (C=O) groups excluding carboxylic acids is 1. The van der Waals surface area contributed by atoms with Crippen LogP contribution in [0.5, 0.6) is 0 Å². The molecular formula is C45H64BN9NaO13Y. The van der Waals surface area contributed by atoms with Crippen LogP contribution < -0.4 is 29.6 Å². The van der Waals surface area contributed by atoms with Crippen LogP contribution in [-0.4, -0.2) is 171 Å². The topological polar surface area (TPSA) is 275 Å². The molecule has 4 radical (unpaired) electrons. The third-order valence-corrected chi connectivity index (χ3v) is 12.0. The standard InChI is InChI=1S/C15H19N3O4.C15H17N3O4.C12H15N3O4.CH4O.2CH4.B.Na.Y.H/c2*1-8-9-4-5-18(13(9)17-7-16-8)14-12-11(10(6-19)20-14)21-15(2,3)22-12;1-6-7-2-3-15(11(7)14-5-13-6)12-10(18)9(17)8(4-16)19-12;1-2;;;;;;/h4-5,7,10-12,14,19H,6H2,1-3H3;4-7,10-12,14H,1-3H3;2-3,5,8-10,12,16-18H,4H2,1H3;2H,1H3;2*1H4;;;;/q;;;;;;;+1;;-1/t2*10-,11+,12?,14+;8-,9+,10?,12+;;;;;;;/m000......./s1. The first kappa shape index (κ1) is 61.5. The van der Waals surface area contributed by atoms with Crippen LogP contribution >= 0.6 is 0 Å². The Morgan fingerprint density at radius 2 is 0.943 bits per heavy atom. The molecule has 11 heterocycles. The maximum Gasteiger partial charge on any atom is 1.00 e. The number of aldehydes is 1. The predicted molar refractivity (Wildman–Crippen MR) is 247 cm³/mol. The Morgan fingerprint density at radius 1 is 0.586 bits per heavy atom. The fourth-order valence-electron chi connectivity index (χ4n) is 8.99. The number of hydrogen-bond donors (Lipinski definition) is 5. The second-order valence-corrected chi connectivity index (χ2v) is 17.0. The summed E-state index contributed by atoms with van der Waals surface area (Å²) in [6, 6.07) is 5.74. The zero-order valence-corrected chi connectivity index (χ0v) is 44.1. The SMILES string of the molecule is C.C.CO.Cc1ncnc2c1ccn2[C@@H]1O[C@@H](C=O)[C@H]2OC(C)(C)OC12.Cc1ncnc2c1ccn2[C@@H]1O[C@@H](CO)[C@@H](O)C1O.Cc1ncnc2c1ccn2[C@@H]1O[C@@H](CO)[C@H]2OC(C)(C)OC12.[B].[H-].[Na+].[Y]. The van der Waals surface area contributed by atoms with E-state index in [4.69, 9.17) is 43.4 Å². The molecule has 0 aromatic carbocycles. The molecule has 6 aromatic rings. The molecule has 0 spiro atoms. The van der Waals surface area contributed by atoms with Gasteiger partial charge in [-0.2, -0.15) is 0 Å². The van der Waals surface area contributed by atoms with Crippen molar-refractivity contribution in [2.24, 2.45) is 0 Å². The molecule has 5 N–H and O–H groups in total. The van der Waals surface area contributed by atoms with E-state index in [-0.39, 0.29) is 125 Å². The molecule has 3 unspecified atom stereocenters. The van der Waals surface area contributed by atoms with Gasteiger partial charge in [0.05, 0.1) is 30.3 Å². The number of nitrogens with zero attached hydrogens (tertiary/aromatic N) is 9. The monoisotopic (exact) mass is 1060 g/mol. The number of aliphatic hydroxyl groups is 5. The van der Waals surface area contributed by atoms with Crippen molar-refractivity contribution in [2.45, 2.75) is 149 Å². The van der Waals surface area contributed by atoms with E-state index in [0.717, 1.165) is 57.9 Å². The van der Waals surface area contributed by atoms with Gasteiger partial charge in [-0.3, -0.25) is 0 Å². The van der Waals surface area contributed by atoms with Crippen molar-refractivity contribution in [2.75, 3.05) is 20.3 Å². The number of carbonyl (C=O) groups is 1. The van der Waals surface area contributed by atoms with E-state index in [2.05, 4.69) is 29.9 Å². The summed E-state index contributed by atoms with van der Waals surface area (Å²) < 4.78 is 46.4. The fraction of sp³-hybridized carbons (Fsp3) is 0.578. The van der Waals surface area contributed by atoms with E-state index in [1.165, 1.54) is 12.7 Å². The van der Waals surface area contributed by atoms with Gasteiger partial charge in [0, 0.05) is 83.0 Å². The molecule has 0 saturated carbocycles. The van der Waals surface area contributed by atoms with Gasteiger partial charge >= 0.3 is 29.6 Å². The van der Waals surface area contributed by atoms with Crippen molar-refractivity contribution in [3.63, 3.8) is 0 Å².